The zero-order valence-electron chi connectivity index (χ0n) is 16.0. The second-order valence-corrected chi connectivity index (χ2v) is 6.22. The minimum absolute atomic E-state index is 0.812. The first-order chi connectivity index (χ1) is 12.2. The number of nitrogens with zero attached hydrogens (tertiary/aromatic N) is 3. The van der Waals surface area contributed by atoms with Crippen LogP contribution in [0.2, 0.25) is 0 Å². The average molecular weight is 342 g/mol. The fourth-order valence-electron chi connectivity index (χ4n) is 2.83. The van der Waals surface area contributed by atoms with Crippen LogP contribution < -0.4 is 15.5 Å². The van der Waals surface area contributed by atoms with Crippen LogP contribution in [0.3, 0.4) is 0 Å². The van der Waals surface area contributed by atoms with Crippen LogP contribution in [-0.4, -0.2) is 29.6 Å². The van der Waals surface area contributed by atoms with Crippen molar-refractivity contribution < 1.29 is 0 Å². The predicted octanol–water partition coefficient (Wildman–Crippen LogP) is 4.98. The first kappa shape index (κ1) is 19.0. The molecule has 0 atom stereocenters. The minimum atomic E-state index is 0.812. The number of unbranched alkanes of at least 4 members (excludes halogenated alkanes) is 2. The van der Waals surface area contributed by atoms with Crippen molar-refractivity contribution in [3.05, 3.63) is 36.2 Å². The quantitative estimate of drug-likeness (QED) is 0.597. The van der Waals surface area contributed by atoms with Crippen molar-refractivity contribution in [3.63, 3.8) is 0 Å². The molecule has 0 saturated heterocycles. The third-order valence-electron chi connectivity index (χ3n) is 4.35. The van der Waals surface area contributed by atoms with Crippen LogP contribution in [-0.2, 0) is 0 Å². The Morgan fingerprint density at radius 1 is 0.960 bits per heavy atom. The van der Waals surface area contributed by atoms with Crippen molar-refractivity contribution in [3.8, 4) is 0 Å². The third-order valence-corrected chi connectivity index (χ3v) is 4.35. The smallest absolute Gasteiger partial charge is 0.135 e. The highest BCUT2D eigenvalue weighted by Gasteiger charge is 2.06. The molecule has 136 valence electrons. The van der Waals surface area contributed by atoms with E-state index in [0.717, 1.165) is 43.4 Å². The molecule has 1 aromatic heterocycles. The monoisotopic (exact) mass is 341 g/mol. The SMILES string of the molecule is CCCCCNc1cc(Nc2ccc(N(CC)CC)cc2C)ncn1. The van der Waals surface area contributed by atoms with Crippen LogP contribution in [0.25, 0.3) is 0 Å². The van der Waals surface area contributed by atoms with Gasteiger partial charge in [0.1, 0.15) is 18.0 Å². The van der Waals surface area contributed by atoms with E-state index < -0.39 is 0 Å². The van der Waals surface area contributed by atoms with Crippen LogP contribution in [0.4, 0.5) is 23.0 Å². The molecule has 1 heterocycles. The number of aromatic nitrogens is 2. The molecule has 0 unspecified atom stereocenters. The molecule has 0 saturated carbocycles. The van der Waals surface area contributed by atoms with Crippen molar-refractivity contribution in [2.75, 3.05) is 35.2 Å². The summed E-state index contributed by atoms with van der Waals surface area (Å²) in [6, 6.07) is 8.47. The third kappa shape index (κ3) is 5.62. The summed E-state index contributed by atoms with van der Waals surface area (Å²) in [6.45, 7) is 11.7. The van der Waals surface area contributed by atoms with Crippen LogP contribution in [0.15, 0.2) is 30.6 Å². The maximum absolute atomic E-state index is 4.34. The molecular formula is C20H31N5. The minimum Gasteiger partial charge on any atom is -0.372 e. The van der Waals surface area contributed by atoms with Crippen molar-refractivity contribution in [1.29, 1.82) is 0 Å². The molecule has 5 heteroatoms. The molecular weight excluding hydrogens is 310 g/mol. The van der Waals surface area contributed by atoms with Gasteiger partial charge in [-0.05, 0) is 51.0 Å². The number of aryl methyl sites for hydroxylation is 1. The molecule has 2 aromatic rings. The molecule has 25 heavy (non-hydrogen) atoms. The van der Waals surface area contributed by atoms with Gasteiger partial charge in [0.15, 0.2) is 0 Å². The highest BCUT2D eigenvalue weighted by Crippen LogP contribution is 2.25. The fourth-order valence-corrected chi connectivity index (χ4v) is 2.83. The lowest BCUT2D eigenvalue weighted by molar-refractivity contribution is 0.742. The Bertz CT molecular complexity index is 652. The Kier molecular flexibility index (Phi) is 7.51. The molecule has 5 nitrogen and oxygen atoms in total. The zero-order chi connectivity index (χ0) is 18.1. The van der Waals surface area contributed by atoms with E-state index in [1.807, 2.05) is 6.07 Å². The molecule has 0 fully saturated rings. The van der Waals surface area contributed by atoms with Gasteiger partial charge in [0.05, 0.1) is 0 Å². The van der Waals surface area contributed by atoms with Gasteiger partial charge in [-0.3, -0.25) is 0 Å². The topological polar surface area (TPSA) is 53.1 Å². The Morgan fingerprint density at radius 3 is 2.40 bits per heavy atom. The molecule has 0 radical (unpaired) electrons. The van der Waals surface area contributed by atoms with Gasteiger partial charge in [0.2, 0.25) is 0 Å². The fraction of sp³-hybridized carbons (Fsp3) is 0.500. The van der Waals surface area contributed by atoms with Crippen molar-refractivity contribution >= 4 is 23.0 Å². The summed E-state index contributed by atoms with van der Waals surface area (Å²) in [5, 5.41) is 6.77. The molecule has 0 amide bonds. The Labute approximate surface area is 151 Å². The summed E-state index contributed by atoms with van der Waals surface area (Å²) in [4.78, 5) is 11.0. The first-order valence-electron chi connectivity index (χ1n) is 9.36. The van der Waals surface area contributed by atoms with Gasteiger partial charge in [-0.15, -0.1) is 0 Å². The molecule has 0 bridgehead atoms. The van der Waals surface area contributed by atoms with Crippen LogP contribution >= 0.6 is 0 Å². The zero-order valence-corrected chi connectivity index (χ0v) is 16.0. The predicted molar refractivity (Wildman–Crippen MR) is 108 cm³/mol. The van der Waals surface area contributed by atoms with E-state index in [1.165, 1.54) is 24.1 Å². The van der Waals surface area contributed by atoms with Gasteiger partial charge in [-0.1, -0.05) is 19.8 Å². The lowest BCUT2D eigenvalue weighted by Crippen LogP contribution is -2.21. The Balaban J connectivity index is 2.04. The van der Waals surface area contributed by atoms with E-state index in [0.29, 0.717) is 0 Å². The van der Waals surface area contributed by atoms with Crippen molar-refractivity contribution in [2.45, 2.75) is 47.0 Å². The van der Waals surface area contributed by atoms with Gasteiger partial charge < -0.3 is 15.5 Å². The first-order valence-corrected chi connectivity index (χ1v) is 9.36. The van der Waals surface area contributed by atoms with Crippen LogP contribution in [0.5, 0.6) is 0 Å². The number of hydrogen-bond donors (Lipinski definition) is 2. The van der Waals surface area contributed by atoms with Crippen molar-refractivity contribution in [2.24, 2.45) is 0 Å². The molecule has 0 spiro atoms. The number of benzene rings is 1. The van der Waals surface area contributed by atoms with Gasteiger partial charge in [0, 0.05) is 37.1 Å². The second kappa shape index (κ2) is 9.87. The van der Waals surface area contributed by atoms with Crippen molar-refractivity contribution in [1.82, 2.24) is 9.97 Å². The standard InChI is InChI=1S/C20H31N5/c1-5-8-9-12-21-19-14-20(23-15-22-19)24-18-11-10-17(13-16(18)4)25(6-2)7-3/h10-11,13-15H,5-9,12H2,1-4H3,(H2,21,22,23,24). The van der Waals surface area contributed by atoms with E-state index in [2.05, 4.69) is 71.4 Å². The lowest BCUT2D eigenvalue weighted by Gasteiger charge is -2.22. The average Bonchev–Trinajstić information content (AvgIpc) is 2.62. The van der Waals surface area contributed by atoms with Gasteiger partial charge in [-0.25, -0.2) is 9.97 Å². The van der Waals surface area contributed by atoms with E-state index >= 15 is 0 Å². The van der Waals surface area contributed by atoms with Crippen LogP contribution in [0.1, 0.15) is 45.6 Å². The second-order valence-electron chi connectivity index (χ2n) is 6.22. The largest absolute Gasteiger partial charge is 0.372 e. The number of hydrogen-bond acceptors (Lipinski definition) is 5. The molecule has 2 N–H and O–H groups in total. The summed E-state index contributed by atoms with van der Waals surface area (Å²) < 4.78 is 0. The van der Waals surface area contributed by atoms with Gasteiger partial charge in [0.25, 0.3) is 0 Å². The number of anilines is 4. The van der Waals surface area contributed by atoms with E-state index in [4.69, 9.17) is 0 Å². The number of rotatable bonds is 10. The summed E-state index contributed by atoms with van der Waals surface area (Å²) in [5.74, 6) is 1.68. The van der Waals surface area contributed by atoms with E-state index in [1.54, 1.807) is 6.33 Å². The summed E-state index contributed by atoms with van der Waals surface area (Å²) in [6.07, 6.45) is 5.22. The normalized spacial score (nSPS) is 10.6. The Hall–Kier alpha value is -2.30. The lowest BCUT2D eigenvalue weighted by atomic mass is 10.1. The summed E-state index contributed by atoms with van der Waals surface area (Å²) >= 11 is 0. The molecule has 0 aliphatic heterocycles. The maximum atomic E-state index is 4.34. The molecule has 0 aliphatic rings. The van der Waals surface area contributed by atoms with Gasteiger partial charge >= 0.3 is 0 Å². The van der Waals surface area contributed by atoms with E-state index in [9.17, 15) is 0 Å². The Morgan fingerprint density at radius 2 is 1.72 bits per heavy atom. The molecule has 2 rings (SSSR count). The highest BCUT2D eigenvalue weighted by molar-refractivity contribution is 5.66. The summed E-state index contributed by atoms with van der Waals surface area (Å²) in [7, 11) is 0. The van der Waals surface area contributed by atoms with Gasteiger partial charge in [-0.2, -0.15) is 0 Å². The summed E-state index contributed by atoms with van der Waals surface area (Å²) in [5.41, 5.74) is 3.54. The highest BCUT2D eigenvalue weighted by atomic mass is 15.1. The molecule has 0 aliphatic carbocycles. The van der Waals surface area contributed by atoms with Crippen LogP contribution in [0, 0.1) is 6.92 Å². The van der Waals surface area contributed by atoms with E-state index in [-0.39, 0.29) is 0 Å². The molecule has 1 aromatic carbocycles. The number of nitrogens with one attached hydrogen (secondary N) is 2. The maximum Gasteiger partial charge on any atom is 0.135 e.